The summed E-state index contributed by atoms with van der Waals surface area (Å²) in [5, 5.41) is 9.62. The lowest BCUT2D eigenvalue weighted by Gasteiger charge is -2.10. The minimum absolute atomic E-state index is 0.0295. The van der Waals surface area contributed by atoms with Crippen LogP contribution in [0.2, 0.25) is 0 Å². The molecule has 2 rings (SSSR count). The number of thiophene rings is 1. The van der Waals surface area contributed by atoms with Crippen LogP contribution in [0.3, 0.4) is 0 Å². The average molecular weight is 393 g/mol. The van der Waals surface area contributed by atoms with Gasteiger partial charge in [-0.2, -0.15) is 23.1 Å². The third kappa shape index (κ3) is 7.49. The maximum atomic E-state index is 12.1. The molecule has 0 fully saturated rings. The van der Waals surface area contributed by atoms with E-state index in [0.29, 0.717) is 17.9 Å². The number of rotatable bonds is 10. The van der Waals surface area contributed by atoms with E-state index in [0.717, 1.165) is 11.5 Å². The fourth-order valence-corrected chi connectivity index (χ4v) is 3.69. The van der Waals surface area contributed by atoms with Crippen molar-refractivity contribution in [2.75, 3.05) is 18.8 Å². The van der Waals surface area contributed by atoms with Crippen LogP contribution in [0.4, 0.5) is 0 Å². The number of benzene rings is 1. The van der Waals surface area contributed by atoms with Gasteiger partial charge < -0.3 is 15.4 Å². The normalized spacial score (nSPS) is 10.6. The van der Waals surface area contributed by atoms with Gasteiger partial charge in [0.05, 0.1) is 12.6 Å². The third-order valence-electron chi connectivity index (χ3n) is 3.32. The molecule has 0 aliphatic heterocycles. The number of ether oxygens (including phenoxy) is 1. The Balaban J connectivity index is 1.61. The second kappa shape index (κ2) is 10.9. The van der Waals surface area contributed by atoms with Crippen LogP contribution in [0.25, 0.3) is 0 Å². The van der Waals surface area contributed by atoms with Crippen LogP contribution < -0.4 is 15.4 Å². The van der Waals surface area contributed by atoms with E-state index < -0.39 is 0 Å². The highest BCUT2D eigenvalue weighted by Gasteiger charge is 2.08. The van der Waals surface area contributed by atoms with Crippen molar-refractivity contribution in [3.63, 3.8) is 0 Å². The number of thioether (sulfide) groups is 1. The minimum Gasteiger partial charge on any atom is -0.491 e. The molecule has 2 amide bonds. The van der Waals surface area contributed by atoms with Gasteiger partial charge in [0.15, 0.2) is 0 Å². The smallest absolute Gasteiger partial charge is 0.251 e. The van der Waals surface area contributed by atoms with Gasteiger partial charge in [-0.15, -0.1) is 0 Å². The van der Waals surface area contributed by atoms with Crippen molar-refractivity contribution in [2.24, 2.45) is 0 Å². The molecule has 2 N–H and O–H groups in total. The Labute approximate surface area is 162 Å². The average Bonchev–Trinajstić information content (AvgIpc) is 3.13. The van der Waals surface area contributed by atoms with Gasteiger partial charge in [-0.05, 0) is 60.5 Å². The first kappa shape index (κ1) is 20.3. The van der Waals surface area contributed by atoms with Gasteiger partial charge in [-0.1, -0.05) is 0 Å². The van der Waals surface area contributed by atoms with Crippen molar-refractivity contribution in [1.82, 2.24) is 10.6 Å². The van der Waals surface area contributed by atoms with Crippen molar-refractivity contribution in [1.29, 1.82) is 0 Å². The summed E-state index contributed by atoms with van der Waals surface area (Å²) in [7, 11) is 0. The Hall–Kier alpha value is -1.99. The van der Waals surface area contributed by atoms with Crippen LogP contribution in [-0.2, 0) is 10.5 Å². The maximum Gasteiger partial charge on any atom is 0.251 e. The SMILES string of the molecule is CC(C)Oc1ccc(C(=O)NCC(=O)NCCSCc2ccsc2)cc1. The molecule has 1 aromatic heterocycles. The van der Waals surface area contributed by atoms with Crippen LogP contribution in [0.15, 0.2) is 41.1 Å². The van der Waals surface area contributed by atoms with Gasteiger partial charge in [0.25, 0.3) is 5.91 Å². The summed E-state index contributed by atoms with van der Waals surface area (Å²) in [4.78, 5) is 23.8. The standard InChI is InChI=1S/C19H24N2O3S2/c1-14(2)24-17-5-3-16(4-6-17)19(23)21-11-18(22)20-8-10-26-13-15-7-9-25-12-15/h3-7,9,12,14H,8,10-11,13H2,1-2H3,(H,20,22)(H,21,23). The Morgan fingerprint density at radius 1 is 1.15 bits per heavy atom. The molecule has 0 radical (unpaired) electrons. The zero-order chi connectivity index (χ0) is 18.8. The Kier molecular flexibility index (Phi) is 8.50. The highest BCUT2D eigenvalue weighted by molar-refractivity contribution is 7.98. The predicted octanol–water partition coefficient (Wildman–Crippen LogP) is 3.31. The molecule has 26 heavy (non-hydrogen) atoms. The van der Waals surface area contributed by atoms with E-state index in [1.807, 2.05) is 13.8 Å². The summed E-state index contributed by atoms with van der Waals surface area (Å²) in [6, 6.07) is 8.98. The number of amides is 2. The van der Waals surface area contributed by atoms with Gasteiger partial charge in [-0.3, -0.25) is 9.59 Å². The quantitative estimate of drug-likeness (QED) is 0.609. The summed E-state index contributed by atoms with van der Waals surface area (Å²) < 4.78 is 5.54. The lowest BCUT2D eigenvalue weighted by atomic mass is 10.2. The fourth-order valence-electron chi connectivity index (χ4n) is 2.11. The van der Waals surface area contributed by atoms with Gasteiger partial charge >= 0.3 is 0 Å². The topological polar surface area (TPSA) is 67.4 Å². The predicted molar refractivity (Wildman–Crippen MR) is 108 cm³/mol. The lowest BCUT2D eigenvalue weighted by molar-refractivity contribution is -0.120. The van der Waals surface area contributed by atoms with Crippen LogP contribution in [0.5, 0.6) is 5.75 Å². The van der Waals surface area contributed by atoms with E-state index in [2.05, 4.69) is 27.5 Å². The van der Waals surface area contributed by atoms with E-state index in [-0.39, 0.29) is 24.5 Å². The summed E-state index contributed by atoms with van der Waals surface area (Å²) >= 11 is 3.46. The number of carbonyl (C=O) groups excluding carboxylic acids is 2. The zero-order valence-corrected chi connectivity index (χ0v) is 16.6. The van der Waals surface area contributed by atoms with E-state index >= 15 is 0 Å². The van der Waals surface area contributed by atoms with E-state index in [4.69, 9.17) is 4.74 Å². The molecule has 0 saturated carbocycles. The number of carbonyl (C=O) groups is 2. The summed E-state index contributed by atoms with van der Waals surface area (Å²) in [6.45, 7) is 4.45. The third-order valence-corrected chi connectivity index (χ3v) is 5.08. The molecule has 1 aromatic carbocycles. The molecule has 0 spiro atoms. The van der Waals surface area contributed by atoms with Crippen LogP contribution in [-0.4, -0.2) is 36.8 Å². The summed E-state index contributed by atoms with van der Waals surface area (Å²) in [6.07, 6.45) is 0.0850. The molecule has 5 nitrogen and oxygen atoms in total. The molecule has 0 saturated heterocycles. The van der Waals surface area contributed by atoms with E-state index in [9.17, 15) is 9.59 Å². The van der Waals surface area contributed by atoms with Crippen LogP contribution >= 0.6 is 23.1 Å². The molecule has 0 atom stereocenters. The molecule has 0 bridgehead atoms. The molecule has 1 heterocycles. The highest BCUT2D eigenvalue weighted by Crippen LogP contribution is 2.14. The maximum absolute atomic E-state index is 12.1. The fraction of sp³-hybridized carbons (Fsp3) is 0.368. The highest BCUT2D eigenvalue weighted by atomic mass is 32.2. The molecule has 140 valence electrons. The first-order valence-corrected chi connectivity index (χ1v) is 10.5. The number of hydrogen-bond acceptors (Lipinski definition) is 5. The van der Waals surface area contributed by atoms with Gasteiger partial charge in [0.2, 0.25) is 5.91 Å². The van der Waals surface area contributed by atoms with Crippen molar-refractivity contribution in [3.05, 3.63) is 52.2 Å². The molecular formula is C19H24N2O3S2. The largest absolute Gasteiger partial charge is 0.491 e. The molecule has 0 aliphatic rings. The Morgan fingerprint density at radius 3 is 2.58 bits per heavy atom. The lowest BCUT2D eigenvalue weighted by Crippen LogP contribution is -2.37. The summed E-state index contributed by atoms with van der Waals surface area (Å²) in [5.74, 6) is 2.05. The molecule has 7 heteroatoms. The van der Waals surface area contributed by atoms with E-state index in [1.165, 1.54) is 5.56 Å². The first-order valence-electron chi connectivity index (χ1n) is 8.45. The van der Waals surface area contributed by atoms with Gasteiger partial charge in [0, 0.05) is 23.6 Å². The van der Waals surface area contributed by atoms with Crippen molar-refractivity contribution in [3.8, 4) is 5.75 Å². The number of nitrogens with one attached hydrogen (secondary N) is 2. The van der Waals surface area contributed by atoms with E-state index in [1.54, 1.807) is 47.4 Å². The van der Waals surface area contributed by atoms with Gasteiger partial charge in [-0.25, -0.2) is 0 Å². The van der Waals surface area contributed by atoms with Crippen LogP contribution in [0.1, 0.15) is 29.8 Å². The summed E-state index contributed by atoms with van der Waals surface area (Å²) in [5.41, 5.74) is 1.81. The zero-order valence-electron chi connectivity index (χ0n) is 15.0. The monoisotopic (exact) mass is 392 g/mol. The van der Waals surface area contributed by atoms with Gasteiger partial charge in [0.1, 0.15) is 5.75 Å². The molecule has 0 aliphatic carbocycles. The molecule has 2 aromatic rings. The van der Waals surface area contributed by atoms with Crippen molar-refractivity contribution >= 4 is 34.9 Å². The van der Waals surface area contributed by atoms with Crippen molar-refractivity contribution < 1.29 is 14.3 Å². The molecular weight excluding hydrogens is 368 g/mol. The van der Waals surface area contributed by atoms with Crippen LogP contribution in [0, 0.1) is 0 Å². The first-order chi connectivity index (χ1) is 12.5. The minimum atomic E-state index is -0.275. The number of hydrogen-bond donors (Lipinski definition) is 2. The Bertz CT molecular complexity index is 685. The second-order valence-electron chi connectivity index (χ2n) is 5.91. The molecule has 0 unspecified atom stereocenters. The Morgan fingerprint density at radius 2 is 1.92 bits per heavy atom. The second-order valence-corrected chi connectivity index (χ2v) is 7.79. The van der Waals surface area contributed by atoms with Crippen molar-refractivity contribution in [2.45, 2.75) is 25.7 Å².